The van der Waals surface area contributed by atoms with Crippen LogP contribution in [0.1, 0.15) is 38.8 Å². The summed E-state index contributed by atoms with van der Waals surface area (Å²) in [4.78, 5) is 14.8. The molecule has 0 saturated carbocycles. The summed E-state index contributed by atoms with van der Waals surface area (Å²) >= 11 is 1.36. The normalized spacial score (nSPS) is 15.2. The van der Waals surface area contributed by atoms with Crippen molar-refractivity contribution < 1.29 is 9.53 Å². The van der Waals surface area contributed by atoms with Gasteiger partial charge >= 0.3 is 0 Å². The third-order valence-electron chi connectivity index (χ3n) is 5.19. The fraction of sp³-hybridized carbons (Fsp3) is 0.348. The number of benzene rings is 2. The van der Waals surface area contributed by atoms with Crippen molar-refractivity contribution in [2.75, 3.05) is 18.4 Å². The van der Waals surface area contributed by atoms with E-state index in [4.69, 9.17) is 4.74 Å². The number of rotatable bonds is 7. The molecule has 4 rings (SSSR count). The molecular formula is C23H26N4O2S. The van der Waals surface area contributed by atoms with Crippen LogP contribution in [0.3, 0.4) is 0 Å². The molecule has 7 heteroatoms. The first kappa shape index (κ1) is 20.7. The molecule has 1 fully saturated rings. The largest absolute Gasteiger partial charge is 0.373 e. The molecule has 156 valence electrons. The molecular weight excluding hydrogens is 396 g/mol. The lowest BCUT2D eigenvalue weighted by Crippen LogP contribution is -2.36. The van der Waals surface area contributed by atoms with Gasteiger partial charge < -0.3 is 10.1 Å². The third kappa shape index (κ3) is 5.72. The number of nitrogens with one attached hydrogen (secondary N) is 1. The second kappa shape index (κ2) is 9.93. The molecule has 1 N–H and O–H groups in total. The number of aryl methyl sites for hydroxylation is 1. The predicted octanol–water partition coefficient (Wildman–Crippen LogP) is 4.28. The van der Waals surface area contributed by atoms with Crippen molar-refractivity contribution in [3.8, 4) is 0 Å². The topological polar surface area (TPSA) is 67.4 Å². The van der Waals surface area contributed by atoms with Gasteiger partial charge in [0.15, 0.2) is 0 Å². The van der Waals surface area contributed by atoms with Gasteiger partial charge in [0.25, 0.3) is 5.91 Å². The lowest BCUT2D eigenvalue weighted by molar-refractivity contribution is -0.00397. The van der Waals surface area contributed by atoms with E-state index in [0.29, 0.717) is 17.7 Å². The van der Waals surface area contributed by atoms with E-state index in [2.05, 4.69) is 32.5 Å². The average molecular weight is 423 g/mol. The molecule has 0 atom stereocenters. The fourth-order valence-electron chi connectivity index (χ4n) is 3.44. The standard InChI is InChI=1S/C23H26N4O2S/c1-17-7-9-19(10-8-17)24-22(28)23-26-25-21(30-23)15-27-13-11-20(12-14-27)29-16-18-5-3-2-4-6-18/h2-10,20H,11-16H2,1H3,(H,24,28). The summed E-state index contributed by atoms with van der Waals surface area (Å²) in [6, 6.07) is 18.0. The molecule has 1 aliphatic heterocycles. The van der Waals surface area contributed by atoms with Crippen LogP contribution in [-0.2, 0) is 17.9 Å². The number of carbonyl (C=O) groups is 1. The highest BCUT2D eigenvalue weighted by Gasteiger charge is 2.21. The first-order valence-electron chi connectivity index (χ1n) is 10.2. The highest BCUT2D eigenvalue weighted by Crippen LogP contribution is 2.20. The predicted molar refractivity (Wildman–Crippen MR) is 119 cm³/mol. The Morgan fingerprint density at radius 3 is 2.57 bits per heavy atom. The van der Waals surface area contributed by atoms with E-state index < -0.39 is 0 Å². The van der Waals surface area contributed by atoms with Crippen LogP contribution in [0.5, 0.6) is 0 Å². The van der Waals surface area contributed by atoms with Gasteiger partial charge in [-0.05, 0) is 37.5 Å². The Morgan fingerprint density at radius 1 is 1.10 bits per heavy atom. The van der Waals surface area contributed by atoms with Crippen LogP contribution in [0.15, 0.2) is 54.6 Å². The monoisotopic (exact) mass is 422 g/mol. The Labute approximate surface area is 180 Å². The number of amides is 1. The summed E-state index contributed by atoms with van der Waals surface area (Å²) in [6.07, 6.45) is 2.31. The van der Waals surface area contributed by atoms with E-state index in [9.17, 15) is 4.79 Å². The summed E-state index contributed by atoms with van der Waals surface area (Å²) < 4.78 is 6.06. The molecule has 2 aromatic carbocycles. The number of aromatic nitrogens is 2. The molecule has 0 spiro atoms. The van der Waals surface area contributed by atoms with Crippen molar-refractivity contribution in [1.29, 1.82) is 0 Å². The van der Waals surface area contributed by atoms with Gasteiger partial charge in [-0.2, -0.15) is 0 Å². The van der Waals surface area contributed by atoms with Crippen molar-refractivity contribution >= 4 is 22.9 Å². The SMILES string of the molecule is Cc1ccc(NC(=O)c2nnc(CN3CCC(OCc4ccccc4)CC3)s2)cc1. The Bertz CT molecular complexity index is 951. The van der Waals surface area contributed by atoms with Gasteiger partial charge in [0.2, 0.25) is 5.01 Å². The minimum atomic E-state index is -0.212. The second-order valence-electron chi connectivity index (χ2n) is 7.59. The van der Waals surface area contributed by atoms with Crippen molar-refractivity contribution in [3.05, 3.63) is 75.7 Å². The van der Waals surface area contributed by atoms with E-state index in [-0.39, 0.29) is 5.91 Å². The summed E-state index contributed by atoms with van der Waals surface area (Å²) in [6.45, 7) is 5.33. The molecule has 0 bridgehead atoms. The Balaban J connectivity index is 1.22. The van der Waals surface area contributed by atoms with Crippen molar-refractivity contribution in [3.63, 3.8) is 0 Å². The summed E-state index contributed by atoms with van der Waals surface area (Å²) in [5.41, 5.74) is 3.13. The fourth-order valence-corrected chi connectivity index (χ4v) is 4.22. The number of ether oxygens (including phenoxy) is 1. The number of hydrogen-bond acceptors (Lipinski definition) is 6. The van der Waals surface area contributed by atoms with Crippen LogP contribution in [0, 0.1) is 6.92 Å². The molecule has 2 heterocycles. The van der Waals surface area contributed by atoms with Crippen LogP contribution in [0.4, 0.5) is 5.69 Å². The zero-order chi connectivity index (χ0) is 20.8. The molecule has 1 aromatic heterocycles. The van der Waals surface area contributed by atoms with Crippen LogP contribution in [-0.4, -0.2) is 40.2 Å². The molecule has 1 saturated heterocycles. The van der Waals surface area contributed by atoms with E-state index in [1.807, 2.05) is 49.4 Å². The first-order chi connectivity index (χ1) is 14.7. The Morgan fingerprint density at radius 2 is 1.83 bits per heavy atom. The number of hydrogen-bond donors (Lipinski definition) is 1. The molecule has 0 radical (unpaired) electrons. The van der Waals surface area contributed by atoms with Gasteiger partial charge in [-0.15, -0.1) is 10.2 Å². The maximum Gasteiger partial charge on any atom is 0.286 e. The lowest BCUT2D eigenvalue weighted by Gasteiger charge is -2.31. The van der Waals surface area contributed by atoms with Gasteiger partial charge in [0.05, 0.1) is 19.3 Å². The summed E-state index contributed by atoms with van der Waals surface area (Å²) in [5, 5.41) is 12.4. The zero-order valence-electron chi connectivity index (χ0n) is 17.1. The zero-order valence-corrected chi connectivity index (χ0v) is 17.9. The number of carbonyl (C=O) groups excluding carboxylic acids is 1. The van der Waals surface area contributed by atoms with Crippen LogP contribution >= 0.6 is 11.3 Å². The van der Waals surface area contributed by atoms with Gasteiger partial charge in [0.1, 0.15) is 5.01 Å². The highest BCUT2D eigenvalue weighted by atomic mass is 32.1. The number of likely N-dealkylation sites (tertiary alicyclic amines) is 1. The highest BCUT2D eigenvalue weighted by molar-refractivity contribution is 7.13. The molecule has 1 aliphatic rings. The van der Waals surface area contributed by atoms with Crippen LogP contribution in [0.2, 0.25) is 0 Å². The Hall–Kier alpha value is -2.61. The van der Waals surface area contributed by atoms with E-state index in [0.717, 1.165) is 48.7 Å². The summed E-state index contributed by atoms with van der Waals surface area (Å²) in [7, 11) is 0. The lowest BCUT2D eigenvalue weighted by atomic mass is 10.1. The molecule has 3 aromatic rings. The molecule has 0 aliphatic carbocycles. The third-order valence-corrected chi connectivity index (χ3v) is 6.10. The van der Waals surface area contributed by atoms with Gasteiger partial charge in [-0.3, -0.25) is 9.69 Å². The number of piperidine rings is 1. The molecule has 0 unspecified atom stereocenters. The molecule has 1 amide bonds. The van der Waals surface area contributed by atoms with E-state index in [1.165, 1.54) is 16.9 Å². The van der Waals surface area contributed by atoms with Crippen LogP contribution in [0.25, 0.3) is 0 Å². The molecule has 6 nitrogen and oxygen atoms in total. The number of nitrogens with zero attached hydrogens (tertiary/aromatic N) is 3. The van der Waals surface area contributed by atoms with E-state index >= 15 is 0 Å². The maximum absolute atomic E-state index is 12.4. The smallest absolute Gasteiger partial charge is 0.286 e. The minimum absolute atomic E-state index is 0.212. The summed E-state index contributed by atoms with van der Waals surface area (Å²) in [5.74, 6) is -0.212. The van der Waals surface area contributed by atoms with Gasteiger partial charge in [0, 0.05) is 18.8 Å². The number of anilines is 1. The first-order valence-corrected chi connectivity index (χ1v) is 11.1. The van der Waals surface area contributed by atoms with E-state index in [1.54, 1.807) is 0 Å². The maximum atomic E-state index is 12.4. The van der Waals surface area contributed by atoms with Crippen LogP contribution < -0.4 is 5.32 Å². The average Bonchev–Trinajstić information content (AvgIpc) is 3.24. The molecule has 30 heavy (non-hydrogen) atoms. The van der Waals surface area contributed by atoms with Gasteiger partial charge in [-0.25, -0.2) is 0 Å². The minimum Gasteiger partial charge on any atom is -0.373 e. The van der Waals surface area contributed by atoms with Crippen molar-refractivity contribution in [2.45, 2.75) is 39.0 Å². The Kier molecular flexibility index (Phi) is 6.84. The van der Waals surface area contributed by atoms with Crippen molar-refractivity contribution in [2.24, 2.45) is 0 Å². The van der Waals surface area contributed by atoms with Crippen molar-refractivity contribution in [1.82, 2.24) is 15.1 Å². The van der Waals surface area contributed by atoms with Gasteiger partial charge in [-0.1, -0.05) is 59.4 Å². The second-order valence-corrected chi connectivity index (χ2v) is 8.66. The quantitative estimate of drug-likeness (QED) is 0.616.